The summed E-state index contributed by atoms with van der Waals surface area (Å²) in [4.78, 5) is 14.5. The molecule has 0 bridgehead atoms. The predicted molar refractivity (Wildman–Crippen MR) is 57.0 cm³/mol. The Morgan fingerprint density at radius 1 is 1.38 bits per heavy atom. The molecule has 0 spiro atoms. The summed E-state index contributed by atoms with van der Waals surface area (Å²) in [6, 6.07) is 4.98. The van der Waals surface area contributed by atoms with E-state index in [0.29, 0.717) is 0 Å². The zero-order chi connectivity index (χ0) is 12.0. The van der Waals surface area contributed by atoms with Crippen molar-refractivity contribution < 1.29 is 19.4 Å². The van der Waals surface area contributed by atoms with Crippen molar-refractivity contribution in [3.8, 4) is 0 Å². The first-order valence-electron chi connectivity index (χ1n) is 4.42. The number of nitrogens with zero attached hydrogens (tertiary/aromatic N) is 1. The van der Waals surface area contributed by atoms with Crippen molar-refractivity contribution in [2.24, 2.45) is 0 Å². The Labute approximate surface area is 92.6 Å². The topological polar surface area (TPSA) is 68.7 Å². The lowest BCUT2D eigenvalue weighted by atomic mass is 10.2. The monoisotopic (exact) mass is 221 g/mol. The molecule has 16 heavy (non-hydrogen) atoms. The molecule has 1 rings (SSSR count). The molecule has 0 aliphatic carbocycles. The molecule has 0 unspecified atom stereocenters. The molecule has 0 aliphatic heterocycles. The van der Waals surface area contributed by atoms with Gasteiger partial charge in [0.05, 0.1) is 14.2 Å². The summed E-state index contributed by atoms with van der Waals surface area (Å²) >= 11 is 0. The molecular weight excluding hydrogens is 210 g/mol. The van der Waals surface area contributed by atoms with Gasteiger partial charge in [0.15, 0.2) is 11.7 Å². The van der Waals surface area contributed by atoms with Crippen LogP contribution < -0.4 is 0 Å². The fraction of sp³-hybridized carbons (Fsp3) is 0.182. The molecule has 0 radical (unpaired) electrons. The molecular formula is C11H11NO4. The molecule has 0 aromatic carbocycles. The van der Waals surface area contributed by atoms with Gasteiger partial charge in [-0.05, 0) is 12.1 Å². The Hall–Kier alpha value is -2.26. The molecule has 1 aromatic heterocycles. The van der Waals surface area contributed by atoms with Crippen molar-refractivity contribution >= 4 is 11.7 Å². The Bertz CT molecular complexity index is 433. The molecule has 0 aliphatic rings. The molecule has 0 amide bonds. The minimum absolute atomic E-state index is 0.101. The first-order valence-corrected chi connectivity index (χ1v) is 4.42. The van der Waals surface area contributed by atoms with E-state index in [2.05, 4.69) is 4.98 Å². The molecule has 0 saturated carbocycles. The van der Waals surface area contributed by atoms with Crippen molar-refractivity contribution in [3.05, 3.63) is 41.6 Å². The van der Waals surface area contributed by atoms with E-state index < -0.39 is 0 Å². The SMILES string of the molecule is COC(=C=O)/C(OC)=C(\O)c1ccccn1. The Morgan fingerprint density at radius 3 is 2.56 bits per heavy atom. The maximum absolute atomic E-state index is 10.5. The number of methoxy groups -OCH3 is 2. The molecule has 1 heterocycles. The summed E-state index contributed by atoms with van der Waals surface area (Å²) < 4.78 is 9.59. The van der Waals surface area contributed by atoms with Gasteiger partial charge in [-0.1, -0.05) is 6.07 Å². The van der Waals surface area contributed by atoms with Gasteiger partial charge in [-0.3, -0.25) is 4.98 Å². The van der Waals surface area contributed by atoms with Crippen molar-refractivity contribution in [2.45, 2.75) is 0 Å². The lowest BCUT2D eigenvalue weighted by molar-refractivity contribution is 0.217. The molecule has 0 saturated heterocycles. The predicted octanol–water partition coefficient (Wildman–Crippen LogP) is 1.32. The summed E-state index contributed by atoms with van der Waals surface area (Å²) in [5, 5.41) is 9.83. The maximum atomic E-state index is 10.5. The standard InChI is InChI=1S/C11H11NO4/c1-15-9(7-13)11(16-2)10(14)8-5-3-4-6-12-8/h3-6,14H,1-2H3/b11-10+. The van der Waals surface area contributed by atoms with E-state index in [1.165, 1.54) is 26.4 Å². The van der Waals surface area contributed by atoms with E-state index in [4.69, 9.17) is 9.47 Å². The third-order valence-electron chi connectivity index (χ3n) is 1.83. The number of aromatic nitrogens is 1. The second-order valence-corrected chi connectivity index (χ2v) is 2.73. The van der Waals surface area contributed by atoms with Crippen LogP contribution in [0.15, 0.2) is 35.9 Å². The van der Waals surface area contributed by atoms with E-state index in [1.54, 1.807) is 18.2 Å². The van der Waals surface area contributed by atoms with E-state index in [1.807, 2.05) is 0 Å². The zero-order valence-corrected chi connectivity index (χ0v) is 8.93. The normalized spacial score (nSPS) is 11.1. The number of hydrogen-bond acceptors (Lipinski definition) is 5. The van der Waals surface area contributed by atoms with Gasteiger partial charge in [0.25, 0.3) is 0 Å². The molecule has 5 heteroatoms. The second-order valence-electron chi connectivity index (χ2n) is 2.73. The quantitative estimate of drug-likeness (QED) is 0.471. The molecule has 0 atom stereocenters. The Morgan fingerprint density at radius 2 is 2.12 bits per heavy atom. The number of ether oxygens (including phenoxy) is 2. The van der Waals surface area contributed by atoms with Crippen LogP contribution in [0.3, 0.4) is 0 Å². The third-order valence-corrected chi connectivity index (χ3v) is 1.83. The summed E-state index contributed by atoms with van der Waals surface area (Å²) in [7, 11) is 2.59. The van der Waals surface area contributed by atoms with Crippen molar-refractivity contribution in [1.82, 2.24) is 4.98 Å². The van der Waals surface area contributed by atoms with Crippen molar-refractivity contribution in [1.29, 1.82) is 0 Å². The highest BCUT2D eigenvalue weighted by molar-refractivity contribution is 5.67. The molecule has 1 aromatic rings. The molecule has 1 N–H and O–H groups in total. The number of aliphatic hydroxyl groups excluding tert-OH is 1. The average molecular weight is 221 g/mol. The van der Waals surface area contributed by atoms with Crippen molar-refractivity contribution in [2.75, 3.05) is 14.2 Å². The summed E-state index contributed by atoms with van der Waals surface area (Å²) in [5.41, 5.74) is 0.282. The zero-order valence-electron chi connectivity index (χ0n) is 8.93. The van der Waals surface area contributed by atoms with Gasteiger partial charge in [0.1, 0.15) is 5.69 Å². The highest BCUT2D eigenvalue weighted by Crippen LogP contribution is 2.19. The van der Waals surface area contributed by atoms with Crippen molar-refractivity contribution in [3.63, 3.8) is 0 Å². The highest BCUT2D eigenvalue weighted by Gasteiger charge is 2.16. The van der Waals surface area contributed by atoms with E-state index >= 15 is 0 Å². The van der Waals surface area contributed by atoms with Crippen LogP contribution in [0.25, 0.3) is 5.76 Å². The lowest BCUT2D eigenvalue weighted by Crippen LogP contribution is -2.01. The Kier molecular flexibility index (Phi) is 4.12. The largest absolute Gasteiger partial charge is 0.503 e. The molecule has 84 valence electrons. The number of carbonyl (C=O) groups excluding carboxylic acids is 1. The minimum Gasteiger partial charge on any atom is -0.503 e. The number of rotatable bonds is 4. The summed E-state index contributed by atoms with van der Waals surface area (Å²) in [6.07, 6.45) is 1.51. The van der Waals surface area contributed by atoms with Gasteiger partial charge < -0.3 is 14.6 Å². The lowest BCUT2D eigenvalue weighted by Gasteiger charge is -2.08. The summed E-state index contributed by atoms with van der Waals surface area (Å²) in [5.74, 6) is 0.935. The Balaban J connectivity index is 3.25. The first-order chi connectivity index (χ1) is 7.74. The highest BCUT2D eigenvalue weighted by atomic mass is 16.5. The number of hydrogen-bond donors (Lipinski definition) is 1. The summed E-state index contributed by atoms with van der Waals surface area (Å²) in [6.45, 7) is 0. The smallest absolute Gasteiger partial charge is 0.250 e. The van der Waals surface area contributed by atoms with Crippen LogP contribution in [0.1, 0.15) is 5.69 Å². The maximum Gasteiger partial charge on any atom is 0.250 e. The molecule has 0 fully saturated rings. The fourth-order valence-corrected chi connectivity index (χ4v) is 1.10. The number of pyridine rings is 1. The van der Waals surface area contributed by atoms with Gasteiger partial charge in [0.2, 0.25) is 11.5 Å². The van der Waals surface area contributed by atoms with Gasteiger partial charge in [-0.2, -0.15) is 0 Å². The van der Waals surface area contributed by atoms with Crippen LogP contribution in [0.4, 0.5) is 0 Å². The first kappa shape index (κ1) is 11.8. The van der Waals surface area contributed by atoms with Crippen LogP contribution in [-0.2, 0) is 14.3 Å². The van der Waals surface area contributed by atoms with Gasteiger partial charge in [-0.25, -0.2) is 4.79 Å². The van der Waals surface area contributed by atoms with E-state index in [9.17, 15) is 9.90 Å². The third kappa shape index (κ3) is 2.40. The van der Waals surface area contributed by atoms with Gasteiger partial charge in [0, 0.05) is 6.20 Å². The van der Waals surface area contributed by atoms with Gasteiger partial charge in [-0.15, -0.1) is 0 Å². The second kappa shape index (κ2) is 5.58. The van der Waals surface area contributed by atoms with E-state index in [-0.39, 0.29) is 23.0 Å². The van der Waals surface area contributed by atoms with Gasteiger partial charge >= 0.3 is 0 Å². The fourth-order valence-electron chi connectivity index (χ4n) is 1.10. The van der Waals surface area contributed by atoms with Crippen LogP contribution in [0, 0.1) is 0 Å². The van der Waals surface area contributed by atoms with Crippen LogP contribution in [-0.4, -0.2) is 30.3 Å². The number of aliphatic hydroxyl groups is 1. The molecule has 5 nitrogen and oxygen atoms in total. The average Bonchev–Trinajstić information content (AvgIpc) is 2.36. The van der Waals surface area contributed by atoms with Crippen LogP contribution >= 0.6 is 0 Å². The van der Waals surface area contributed by atoms with Crippen LogP contribution in [0.5, 0.6) is 0 Å². The minimum atomic E-state index is -0.275. The van der Waals surface area contributed by atoms with E-state index in [0.717, 1.165) is 0 Å². The van der Waals surface area contributed by atoms with Crippen LogP contribution in [0.2, 0.25) is 0 Å².